The van der Waals surface area contributed by atoms with Gasteiger partial charge in [0.15, 0.2) is 0 Å². The van der Waals surface area contributed by atoms with Crippen LogP contribution in [0.5, 0.6) is 0 Å². The van der Waals surface area contributed by atoms with Crippen molar-refractivity contribution in [3.8, 4) is 0 Å². The minimum absolute atomic E-state index is 0.418. The highest BCUT2D eigenvalue weighted by atomic mass is 79.9. The summed E-state index contributed by atoms with van der Waals surface area (Å²) in [5, 5.41) is 4.40. The summed E-state index contributed by atoms with van der Waals surface area (Å²) in [7, 11) is -1.36. The van der Waals surface area contributed by atoms with E-state index in [1.807, 2.05) is 13.1 Å². The van der Waals surface area contributed by atoms with Crippen LogP contribution < -0.4 is 5.32 Å². The summed E-state index contributed by atoms with van der Waals surface area (Å²) in [6.45, 7) is 0.771. The fourth-order valence-corrected chi connectivity index (χ4v) is 3.63. The Bertz CT molecular complexity index is 549. The number of benzene rings is 1. The molecule has 0 aliphatic carbocycles. The second-order valence-electron chi connectivity index (χ2n) is 3.68. The molecular weight excluding hydrogens is 290 g/mol. The van der Waals surface area contributed by atoms with E-state index in [0.717, 1.165) is 28.6 Å². The Labute approximate surface area is 104 Å². The maximum absolute atomic E-state index is 11.8. The molecule has 16 heavy (non-hydrogen) atoms. The van der Waals surface area contributed by atoms with Gasteiger partial charge in [-0.2, -0.15) is 0 Å². The highest BCUT2D eigenvalue weighted by molar-refractivity contribution is 9.10. The van der Waals surface area contributed by atoms with E-state index < -0.39 is 9.84 Å². The summed E-state index contributed by atoms with van der Waals surface area (Å²) in [4.78, 5) is 0.418. The molecule has 0 bridgehead atoms. The fraction of sp³-hybridized carbons (Fsp3) is 0.273. The van der Waals surface area contributed by atoms with E-state index in [1.54, 1.807) is 12.1 Å². The predicted molar refractivity (Wildman–Crippen MR) is 67.8 cm³/mol. The van der Waals surface area contributed by atoms with Gasteiger partial charge >= 0.3 is 0 Å². The van der Waals surface area contributed by atoms with Gasteiger partial charge in [-0.1, -0.05) is 15.9 Å². The Morgan fingerprint density at radius 3 is 2.81 bits per heavy atom. The standard InChI is InChI=1S/C11H12BrNO2S/c1-13-5-4-8-7-16(14,15)11-3-2-9(12)6-10(8)11/h2-3,6-7,13H,4-5H2,1H3. The van der Waals surface area contributed by atoms with Crippen LogP contribution in [0.3, 0.4) is 0 Å². The zero-order chi connectivity index (χ0) is 11.8. The third-order valence-electron chi connectivity index (χ3n) is 2.54. The van der Waals surface area contributed by atoms with Crippen molar-refractivity contribution in [1.82, 2.24) is 5.32 Å². The average molecular weight is 302 g/mol. The molecule has 0 amide bonds. The fourth-order valence-electron chi connectivity index (χ4n) is 1.77. The molecule has 1 heterocycles. The molecule has 0 fully saturated rings. The van der Waals surface area contributed by atoms with Crippen LogP contribution in [0.25, 0.3) is 5.57 Å². The van der Waals surface area contributed by atoms with Crippen molar-refractivity contribution in [2.45, 2.75) is 11.3 Å². The zero-order valence-electron chi connectivity index (χ0n) is 8.83. The van der Waals surface area contributed by atoms with E-state index in [1.165, 1.54) is 5.41 Å². The quantitative estimate of drug-likeness (QED) is 0.931. The summed E-state index contributed by atoms with van der Waals surface area (Å²) in [6.07, 6.45) is 0.721. The van der Waals surface area contributed by atoms with E-state index in [0.29, 0.717) is 4.90 Å². The highest BCUT2D eigenvalue weighted by Crippen LogP contribution is 2.36. The van der Waals surface area contributed by atoms with Crippen molar-refractivity contribution in [3.63, 3.8) is 0 Å². The van der Waals surface area contributed by atoms with Crippen LogP contribution in [-0.4, -0.2) is 22.0 Å². The molecule has 0 spiro atoms. The van der Waals surface area contributed by atoms with Crippen molar-refractivity contribution < 1.29 is 8.42 Å². The van der Waals surface area contributed by atoms with E-state index in [-0.39, 0.29) is 0 Å². The van der Waals surface area contributed by atoms with Crippen LogP contribution in [-0.2, 0) is 9.84 Å². The molecule has 86 valence electrons. The van der Waals surface area contributed by atoms with Crippen LogP contribution in [0.2, 0.25) is 0 Å². The summed E-state index contributed by atoms with van der Waals surface area (Å²) < 4.78 is 24.6. The van der Waals surface area contributed by atoms with Gasteiger partial charge in [0.1, 0.15) is 0 Å². The summed E-state index contributed by atoms with van der Waals surface area (Å²) in [5.41, 5.74) is 1.70. The van der Waals surface area contributed by atoms with Gasteiger partial charge in [-0.05, 0) is 49.3 Å². The molecule has 1 aromatic carbocycles. The number of fused-ring (bicyclic) bond motifs is 1. The van der Waals surface area contributed by atoms with Crippen LogP contribution >= 0.6 is 15.9 Å². The van der Waals surface area contributed by atoms with Crippen molar-refractivity contribution in [2.75, 3.05) is 13.6 Å². The first-order valence-corrected chi connectivity index (χ1v) is 7.29. The lowest BCUT2D eigenvalue weighted by atomic mass is 10.1. The highest BCUT2D eigenvalue weighted by Gasteiger charge is 2.26. The summed E-state index contributed by atoms with van der Waals surface area (Å²) >= 11 is 3.36. The Morgan fingerprint density at radius 2 is 2.12 bits per heavy atom. The number of hydrogen-bond acceptors (Lipinski definition) is 3. The number of rotatable bonds is 3. The van der Waals surface area contributed by atoms with E-state index in [2.05, 4.69) is 21.2 Å². The van der Waals surface area contributed by atoms with Crippen LogP contribution in [0, 0.1) is 0 Å². The molecule has 0 radical (unpaired) electrons. The van der Waals surface area contributed by atoms with Gasteiger partial charge in [-0.3, -0.25) is 0 Å². The minimum Gasteiger partial charge on any atom is -0.319 e. The molecule has 1 aromatic rings. The lowest BCUT2D eigenvalue weighted by Gasteiger charge is -2.04. The van der Waals surface area contributed by atoms with Crippen molar-refractivity contribution in [2.24, 2.45) is 0 Å². The second kappa shape index (κ2) is 4.31. The van der Waals surface area contributed by atoms with Crippen molar-refractivity contribution >= 4 is 31.3 Å². The largest absolute Gasteiger partial charge is 0.319 e. The van der Waals surface area contributed by atoms with Gasteiger partial charge in [0, 0.05) is 9.88 Å². The molecule has 1 aliphatic heterocycles. The molecule has 0 saturated heterocycles. The lowest BCUT2D eigenvalue weighted by molar-refractivity contribution is 0.605. The first kappa shape index (κ1) is 11.8. The van der Waals surface area contributed by atoms with Crippen LogP contribution in [0.15, 0.2) is 33.0 Å². The Kier molecular flexibility index (Phi) is 3.19. The number of hydrogen-bond donors (Lipinski definition) is 1. The van der Waals surface area contributed by atoms with Crippen molar-refractivity contribution in [1.29, 1.82) is 0 Å². The SMILES string of the molecule is CNCCC1=CS(=O)(=O)c2ccc(Br)cc21. The number of sulfone groups is 1. The maximum atomic E-state index is 11.8. The Morgan fingerprint density at radius 1 is 1.38 bits per heavy atom. The molecule has 1 N–H and O–H groups in total. The van der Waals surface area contributed by atoms with Crippen LogP contribution in [0.4, 0.5) is 0 Å². The smallest absolute Gasteiger partial charge is 0.200 e. The molecule has 5 heteroatoms. The van der Waals surface area contributed by atoms with Gasteiger partial charge in [0.05, 0.1) is 4.90 Å². The molecule has 1 aliphatic rings. The maximum Gasteiger partial charge on any atom is 0.200 e. The molecule has 3 nitrogen and oxygen atoms in total. The molecule has 0 saturated carbocycles. The second-order valence-corrected chi connectivity index (χ2v) is 6.36. The van der Waals surface area contributed by atoms with Crippen molar-refractivity contribution in [3.05, 3.63) is 33.6 Å². The number of nitrogens with one attached hydrogen (secondary N) is 1. The van der Waals surface area contributed by atoms with Gasteiger partial charge < -0.3 is 5.32 Å². The summed E-state index contributed by atoms with van der Waals surface area (Å²) in [6, 6.07) is 5.27. The predicted octanol–water partition coefficient (Wildman–Crippen LogP) is 2.19. The van der Waals surface area contributed by atoms with E-state index >= 15 is 0 Å². The first-order valence-electron chi connectivity index (χ1n) is 4.95. The molecule has 0 atom stereocenters. The Hall–Kier alpha value is -0.650. The number of halogens is 1. The minimum atomic E-state index is -3.21. The molecule has 2 rings (SSSR count). The Balaban J connectivity index is 2.49. The molecular formula is C11H12BrNO2S. The molecule has 0 aromatic heterocycles. The lowest BCUT2D eigenvalue weighted by Crippen LogP contribution is -2.07. The van der Waals surface area contributed by atoms with E-state index in [9.17, 15) is 8.42 Å². The van der Waals surface area contributed by atoms with Gasteiger partial charge in [0.25, 0.3) is 0 Å². The average Bonchev–Trinajstić information content (AvgIpc) is 2.47. The van der Waals surface area contributed by atoms with Crippen LogP contribution in [0.1, 0.15) is 12.0 Å². The summed E-state index contributed by atoms with van der Waals surface area (Å²) in [5.74, 6) is 0. The topological polar surface area (TPSA) is 46.2 Å². The first-order chi connectivity index (χ1) is 7.54. The third-order valence-corrected chi connectivity index (χ3v) is 4.59. The normalized spacial score (nSPS) is 17.0. The van der Waals surface area contributed by atoms with Gasteiger partial charge in [-0.25, -0.2) is 8.42 Å². The van der Waals surface area contributed by atoms with Gasteiger partial charge in [0.2, 0.25) is 9.84 Å². The van der Waals surface area contributed by atoms with Gasteiger partial charge in [-0.15, -0.1) is 0 Å². The van der Waals surface area contributed by atoms with E-state index in [4.69, 9.17) is 0 Å². The third kappa shape index (κ3) is 2.07. The molecule has 0 unspecified atom stereocenters. The zero-order valence-corrected chi connectivity index (χ0v) is 11.2. The monoisotopic (exact) mass is 301 g/mol.